The van der Waals surface area contributed by atoms with Crippen molar-refractivity contribution in [1.29, 1.82) is 0 Å². The van der Waals surface area contributed by atoms with Crippen molar-refractivity contribution in [1.82, 2.24) is 0 Å². The summed E-state index contributed by atoms with van der Waals surface area (Å²) in [6.45, 7) is 2.78. The standard InChI is InChI=1S/C21H36O3/c1-2-3-4-5-6-7-8-12-15-20(23)21(16-17-22)24-18-19-13-10-9-11-14-19/h9-11,13-14,20-23H,2-8,12,15-18H2,1H3/t20-,21-/m1/s1. The Balaban J connectivity index is 2.17. The predicted octanol–water partition coefficient (Wildman–Crippen LogP) is 4.85. The monoisotopic (exact) mass is 336 g/mol. The highest BCUT2D eigenvalue weighted by molar-refractivity contribution is 5.13. The van der Waals surface area contributed by atoms with Crippen LogP contribution in [-0.4, -0.2) is 29.0 Å². The quantitative estimate of drug-likeness (QED) is 0.450. The summed E-state index contributed by atoms with van der Waals surface area (Å²) in [5.41, 5.74) is 1.10. The van der Waals surface area contributed by atoms with E-state index in [2.05, 4.69) is 6.92 Å². The summed E-state index contributed by atoms with van der Waals surface area (Å²) in [6.07, 6.45) is 10.6. The summed E-state index contributed by atoms with van der Waals surface area (Å²) in [5.74, 6) is 0. The number of unbranched alkanes of at least 4 members (excludes halogenated alkanes) is 7. The molecule has 2 atom stereocenters. The second kappa shape index (κ2) is 14.4. The predicted molar refractivity (Wildman–Crippen MR) is 100.0 cm³/mol. The molecule has 0 radical (unpaired) electrons. The van der Waals surface area contributed by atoms with Crippen LogP contribution >= 0.6 is 0 Å². The van der Waals surface area contributed by atoms with Crippen molar-refractivity contribution in [2.45, 2.75) is 89.9 Å². The number of aliphatic hydroxyl groups excluding tert-OH is 2. The van der Waals surface area contributed by atoms with E-state index in [9.17, 15) is 10.2 Å². The van der Waals surface area contributed by atoms with Crippen molar-refractivity contribution in [3.63, 3.8) is 0 Å². The Morgan fingerprint density at radius 1 is 0.875 bits per heavy atom. The molecule has 0 fully saturated rings. The molecule has 3 nitrogen and oxygen atoms in total. The van der Waals surface area contributed by atoms with Gasteiger partial charge in [0.2, 0.25) is 0 Å². The van der Waals surface area contributed by atoms with E-state index in [1.807, 2.05) is 30.3 Å². The fraction of sp³-hybridized carbons (Fsp3) is 0.714. The van der Waals surface area contributed by atoms with Gasteiger partial charge in [-0.1, -0.05) is 88.6 Å². The lowest BCUT2D eigenvalue weighted by Crippen LogP contribution is -2.30. The van der Waals surface area contributed by atoms with Gasteiger partial charge in [-0.05, 0) is 18.4 Å². The minimum atomic E-state index is -0.485. The Morgan fingerprint density at radius 3 is 2.12 bits per heavy atom. The number of benzene rings is 1. The fourth-order valence-electron chi connectivity index (χ4n) is 2.96. The zero-order chi connectivity index (χ0) is 17.5. The van der Waals surface area contributed by atoms with Crippen LogP contribution in [0, 0.1) is 0 Å². The first-order valence-corrected chi connectivity index (χ1v) is 9.72. The van der Waals surface area contributed by atoms with E-state index in [1.54, 1.807) is 0 Å². The summed E-state index contributed by atoms with van der Waals surface area (Å²) >= 11 is 0. The molecule has 0 heterocycles. The minimum Gasteiger partial charge on any atom is -0.396 e. The topological polar surface area (TPSA) is 49.7 Å². The van der Waals surface area contributed by atoms with Gasteiger partial charge in [-0.25, -0.2) is 0 Å². The van der Waals surface area contributed by atoms with Crippen LogP contribution < -0.4 is 0 Å². The van der Waals surface area contributed by atoms with Gasteiger partial charge in [0.05, 0.1) is 18.8 Å². The zero-order valence-corrected chi connectivity index (χ0v) is 15.3. The summed E-state index contributed by atoms with van der Waals surface area (Å²) in [5, 5.41) is 19.6. The molecule has 0 aliphatic carbocycles. The average Bonchev–Trinajstić information content (AvgIpc) is 2.61. The molecule has 0 saturated heterocycles. The van der Waals surface area contributed by atoms with Crippen LogP contribution in [0.25, 0.3) is 0 Å². The van der Waals surface area contributed by atoms with Gasteiger partial charge in [-0.3, -0.25) is 0 Å². The lowest BCUT2D eigenvalue weighted by Gasteiger charge is -2.23. The molecular formula is C21H36O3. The lowest BCUT2D eigenvalue weighted by molar-refractivity contribution is -0.0592. The zero-order valence-electron chi connectivity index (χ0n) is 15.3. The van der Waals surface area contributed by atoms with Crippen LogP contribution in [0.2, 0.25) is 0 Å². The molecule has 0 aliphatic heterocycles. The number of aliphatic hydroxyl groups is 2. The summed E-state index contributed by atoms with van der Waals surface area (Å²) < 4.78 is 5.84. The van der Waals surface area contributed by atoms with E-state index < -0.39 is 6.10 Å². The van der Waals surface area contributed by atoms with Crippen molar-refractivity contribution in [2.24, 2.45) is 0 Å². The van der Waals surface area contributed by atoms with Gasteiger partial charge in [-0.2, -0.15) is 0 Å². The van der Waals surface area contributed by atoms with Gasteiger partial charge in [0.1, 0.15) is 0 Å². The molecule has 1 aromatic carbocycles. The largest absolute Gasteiger partial charge is 0.396 e. The van der Waals surface area contributed by atoms with E-state index in [0.717, 1.165) is 18.4 Å². The van der Waals surface area contributed by atoms with Crippen molar-refractivity contribution in [2.75, 3.05) is 6.61 Å². The lowest BCUT2D eigenvalue weighted by atomic mass is 10.0. The molecular weight excluding hydrogens is 300 g/mol. The van der Waals surface area contributed by atoms with Crippen molar-refractivity contribution in [3.8, 4) is 0 Å². The van der Waals surface area contributed by atoms with E-state index >= 15 is 0 Å². The maximum absolute atomic E-state index is 10.4. The van der Waals surface area contributed by atoms with E-state index in [0.29, 0.717) is 13.0 Å². The Kier molecular flexibility index (Phi) is 12.7. The Morgan fingerprint density at radius 2 is 1.50 bits per heavy atom. The van der Waals surface area contributed by atoms with Crippen molar-refractivity contribution >= 4 is 0 Å². The van der Waals surface area contributed by atoms with E-state index in [1.165, 1.54) is 44.9 Å². The molecule has 24 heavy (non-hydrogen) atoms. The van der Waals surface area contributed by atoms with E-state index in [4.69, 9.17) is 4.74 Å². The maximum atomic E-state index is 10.4. The Bertz CT molecular complexity index is 380. The van der Waals surface area contributed by atoms with Crippen LogP contribution in [0.4, 0.5) is 0 Å². The van der Waals surface area contributed by atoms with Crippen LogP contribution in [0.3, 0.4) is 0 Å². The summed E-state index contributed by atoms with van der Waals surface area (Å²) in [6, 6.07) is 9.97. The SMILES string of the molecule is CCCCCCCCCC[C@@H](O)[C@@H](CCO)OCc1ccccc1. The third kappa shape index (κ3) is 10.1. The molecule has 0 unspecified atom stereocenters. The molecule has 1 aromatic rings. The highest BCUT2D eigenvalue weighted by Crippen LogP contribution is 2.16. The van der Waals surface area contributed by atoms with Gasteiger partial charge in [0.15, 0.2) is 0 Å². The second-order valence-corrected chi connectivity index (χ2v) is 6.68. The van der Waals surface area contributed by atoms with Crippen LogP contribution in [0.5, 0.6) is 0 Å². The van der Waals surface area contributed by atoms with Gasteiger partial charge >= 0.3 is 0 Å². The van der Waals surface area contributed by atoms with Gasteiger partial charge in [0, 0.05) is 6.61 Å². The van der Waals surface area contributed by atoms with Crippen molar-refractivity contribution in [3.05, 3.63) is 35.9 Å². The number of ether oxygens (including phenoxy) is 1. The summed E-state index contributed by atoms with van der Waals surface area (Å²) in [4.78, 5) is 0. The first kappa shape index (κ1) is 21.1. The van der Waals surface area contributed by atoms with Gasteiger partial charge in [-0.15, -0.1) is 0 Å². The molecule has 3 heteroatoms. The molecule has 1 rings (SSSR count). The first-order valence-electron chi connectivity index (χ1n) is 9.72. The van der Waals surface area contributed by atoms with Crippen LogP contribution in [-0.2, 0) is 11.3 Å². The maximum Gasteiger partial charge on any atom is 0.0860 e. The average molecular weight is 337 g/mol. The number of hydrogen-bond acceptors (Lipinski definition) is 3. The van der Waals surface area contributed by atoms with Gasteiger partial charge in [0.25, 0.3) is 0 Å². The normalized spacial score (nSPS) is 13.8. The third-order valence-corrected chi connectivity index (χ3v) is 4.50. The van der Waals surface area contributed by atoms with Crippen molar-refractivity contribution < 1.29 is 14.9 Å². The minimum absolute atomic E-state index is 0.0495. The molecule has 2 N–H and O–H groups in total. The Labute approximate surface area is 148 Å². The molecule has 138 valence electrons. The molecule has 0 bridgehead atoms. The molecule has 0 spiro atoms. The third-order valence-electron chi connectivity index (χ3n) is 4.50. The molecule has 0 amide bonds. The molecule has 0 saturated carbocycles. The smallest absolute Gasteiger partial charge is 0.0860 e. The summed E-state index contributed by atoms with van der Waals surface area (Å²) in [7, 11) is 0. The first-order chi connectivity index (χ1) is 11.8. The van der Waals surface area contributed by atoms with Crippen LogP contribution in [0.1, 0.15) is 76.7 Å². The Hall–Kier alpha value is -0.900. The highest BCUT2D eigenvalue weighted by Gasteiger charge is 2.19. The highest BCUT2D eigenvalue weighted by atomic mass is 16.5. The van der Waals surface area contributed by atoms with E-state index in [-0.39, 0.29) is 12.7 Å². The van der Waals surface area contributed by atoms with Crippen LogP contribution in [0.15, 0.2) is 30.3 Å². The van der Waals surface area contributed by atoms with Gasteiger partial charge < -0.3 is 14.9 Å². The second-order valence-electron chi connectivity index (χ2n) is 6.68. The number of hydrogen-bond donors (Lipinski definition) is 2. The molecule has 0 aromatic heterocycles. The molecule has 0 aliphatic rings. The number of rotatable bonds is 15. The fourth-order valence-corrected chi connectivity index (χ4v) is 2.96.